The third-order valence-electron chi connectivity index (χ3n) is 3.55. The second kappa shape index (κ2) is 5.78. The average molecular weight is 330 g/mol. The molecule has 0 spiro atoms. The molecule has 0 fully saturated rings. The van der Waals surface area contributed by atoms with E-state index in [-0.39, 0.29) is 22.1 Å². The lowest BCUT2D eigenvalue weighted by atomic mass is 10.0. The van der Waals surface area contributed by atoms with Gasteiger partial charge in [0.25, 0.3) is 5.91 Å². The SMILES string of the molecule is COc1cccc(C(Cl)=C2C(=O)Nc3ccc(C(=O)O)cc32)c1. The molecule has 0 atom stereocenters. The Morgan fingerprint density at radius 1 is 1.17 bits per heavy atom. The Morgan fingerprint density at radius 2 is 1.96 bits per heavy atom. The fourth-order valence-corrected chi connectivity index (χ4v) is 2.73. The Kier molecular flexibility index (Phi) is 3.80. The van der Waals surface area contributed by atoms with Crippen LogP contribution in [0.25, 0.3) is 10.6 Å². The van der Waals surface area contributed by atoms with Crippen LogP contribution in [0.5, 0.6) is 5.75 Å². The number of nitrogens with one attached hydrogen (secondary N) is 1. The highest BCUT2D eigenvalue weighted by molar-refractivity contribution is 6.59. The van der Waals surface area contributed by atoms with Gasteiger partial charge in [-0.25, -0.2) is 4.79 Å². The van der Waals surface area contributed by atoms with Crippen molar-refractivity contribution >= 4 is 39.8 Å². The van der Waals surface area contributed by atoms with Crippen LogP contribution in [0.4, 0.5) is 5.69 Å². The molecular weight excluding hydrogens is 318 g/mol. The van der Waals surface area contributed by atoms with Gasteiger partial charge in [-0.3, -0.25) is 4.79 Å². The molecule has 116 valence electrons. The number of rotatable bonds is 3. The lowest BCUT2D eigenvalue weighted by molar-refractivity contribution is -0.110. The summed E-state index contributed by atoms with van der Waals surface area (Å²) in [4.78, 5) is 23.4. The monoisotopic (exact) mass is 329 g/mol. The van der Waals surface area contributed by atoms with Gasteiger partial charge >= 0.3 is 5.97 Å². The highest BCUT2D eigenvalue weighted by Gasteiger charge is 2.28. The summed E-state index contributed by atoms with van der Waals surface area (Å²) in [7, 11) is 1.54. The molecular formula is C17H12ClNO4. The summed E-state index contributed by atoms with van der Waals surface area (Å²) in [5.41, 5.74) is 1.97. The molecule has 2 N–H and O–H groups in total. The standard InChI is InChI=1S/C17H12ClNO4/c1-23-11-4-2-3-9(7-11)15(18)14-12-8-10(17(21)22)5-6-13(12)19-16(14)20/h2-8H,1H3,(H,19,20)(H,21,22). The first-order valence-electron chi connectivity index (χ1n) is 6.74. The Labute approximate surface area is 137 Å². The van der Waals surface area contributed by atoms with Gasteiger partial charge in [0, 0.05) is 11.3 Å². The fraction of sp³-hybridized carbons (Fsp3) is 0.0588. The number of methoxy groups -OCH3 is 1. The number of benzene rings is 2. The molecule has 0 saturated heterocycles. The summed E-state index contributed by atoms with van der Waals surface area (Å²) in [5, 5.41) is 12.0. The highest BCUT2D eigenvalue weighted by Crippen LogP contribution is 2.39. The van der Waals surface area contributed by atoms with Gasteiger partial charge in [0.2, 0.25) is 0 Å². The van der Waals surface area contributed by atoms with Crippen LogP contribution in [0.1, 0.15) is 21.5 Å². The maximum Gasteiger partial charge on any atom is 0.335 e. The van der Waals surface area contributed by atoms with E-state index in [2.05, 4.69) is 5.32 Å². The van der Waals surface area contributed by atoms with Crippen LogP contribution in [0.15, 0.2) is 42.5 Å². The molecule has 0 radical (unpaired) electrons. The third kappa shape index (κ3) is 2.66. The molecule has 1 heterocycles. The van der Waals surface area contributed by atoms with E-state index in [9.17, 15) is 9.59 Å². The van der Waals surface area contributed by atoms with Crippen molar-refractivity contribution in [2.75, 3.05) is 12.4 Å². The minimum absolute atomic E-state index is 0.0906. The van der Waals surface area contributed by atoms with Gasteiger partial charge in [0.05, 0.1) is 23.3 Å². The second-order valence-electron chi connectivity index (χ2n) is 4.94. The van der Waals surface area contributed by atoms with Crippen LogP contribution in [0, 0.1) is 0 Å². The normalized spacial score (nSPS) is 15.0. The van der Waals surface area contributed by atoms with Crippen LogP contribution >= 0.6 is 11.6 Å². The number of halogens is 1. The number of hydrogen-bond acceptors (Lipinski definition) is 3. The minimum Gasteiger partial charge on any atom is -0.497 e. The smallest absolute Gasteiger partial charge is 0.335 e. The molecule has 0 bridgehead atoms. The first-order chi connectivity index (χ1) is 11.0. The largest absolute Gasteiger partial charge is 0.497 e. The van der Waals surface area contributed by atoms with Gasteiger partial charge in [-0.15, -0.1) is 0 Å². The molecule has 6 heteroatoms. The number of amides is 1. The molecule has 23 heavy (non-hydrogen) atoms. The first-order valence-corrected chi connectivity index (χ1v) is 7.12. The van der Waals surface area contributed by atoms with Gasteiger partial charge in [0.15, 0.2) is 0 Å². The quantitative estimate of drug-likeness (QED) is 0.846. The van der Waals surface area contributed by atoms with E-state index in [0.29, 0.717) is 22.6 Å². The predicted octanol–water partition coefficient (Wildman–Crippen LogP) is 3.45. The number of hydrogen-bond donors (Lipinski definition) is 2. The first kappa shape index (κ1) is 15.1. The lowest BCUT2D eigenvalue weighted by Gasteiger charge is -2.07. The van der Waals surface area contributed by atoms with Crippen molar-refractivity contribution in [2.24, 2.45) is 0 Å². The topological polar surface area (TPSA) is 75.6 Å². The van der Waals surface area contributed by atoms with Gasteiger partial charge in [-0.1, -0.05) is 23.7 Å². The van der Waals surface area contributed by atoms with Gasteiger partial charge < -0.3 is 15.2 Å². The predicted molar refractivity (Wildman–Crippen MR) is 87.7 cm³/mol. The number of carboxylic acid groups (broad SMARTS) is 1. The molecule has 3 rings (SSSR count). The number of anilines is 1. The van der Waals surface area contributed by atoms with Crippen LogP contribution in [-0.4, -0.2) is 24.1 Å². The molecule has 5 nitrogen and oxygen atoms in total. The number of aromatic carboxylic acids is 1. The van der Waals surface area contributed by atoms with Gasteiger partial charge in [-0.05, 0) is 35.9 Å². The van der Waals surface area contributed by atoms with Crippen molar-refractivity contribution in [3.63, 3.8) is 0 Å². The zero-order valence-electron chi connectivity index (χ0n) is 12.1. The molecule has 0 saturated carbocycles. The van der Waals surface area contributed by atoms with E-state index >= 15 is 0 Å². The van der Waals surface area contributed by atoms with Crippen LogP contribution in [0.2, 0.25) is 0 Å². The van der Waals surface area contributed by atoms with E-state index in [1.54, 1.807) is 30.3 Å². The van der Waals surface area contributed by atoms with Crippen molar-refractivity contribution in [3.8, 4) is 5.75 Å². The maximum atomic E-state index is 12.2. The Morgan fingerprint density at radius 3 is 2.65 bits per heavy atom. The Bertz CT molecular complexity index is 857. The summed E-state index contributed by atoms with van der Waals surface area (Å²) in [6.45, 7) is 0. The molecule has 1 amide bonds. The summed E-state index contributed by atoms with van der Waals surface area (Å²) in [6, 6.07) is 11.4. The van der Waals surface area contributed by atoms with Crippen LogP contribution < -0.4 is 10.1 Å². The van der Waals surface area contributed by atoms with Crippen molar-refractivity contribution in [1.29, 1.82) is 0 Å². The van der Waals surface area contributed by atoms with E-state index in [0.717, 1.165) is 0 Å². The summed E-state index contributed by atoms with van der Waals surface area (Å²) >= 11 is 6.41. The maximum absolute atomic E-state index is 12.2. The van der Waals surface area contributed by atoms with Gasteiger partial charge in [0.1, 0.15) is 5.75 Å². The third-order valence-corrected chi connectivity index (χ3v) is 3.96. The molecule has 0 unspecified atom stereocenters. The number of carboxylic acids is 1. The molecule has 1 aliphatic heterocycles. The summed E-state index contributed by atoms with van der Waals surface area (Å²) in [6.07, 6.45) is 0. The molecule has 1 aliphatic rings. The number of fused-ring (bicyclic) bond motifs is 1. The van der Waals surface area contributed by atoms with E-state index in [1.165, 1.54) is 19.2 Å². The fourth-order valence-electron chi connectivity index (χ4n) is 2.42. The number of ether oxygens (including phenoxy) is 1. The highest BCUT2D eigenvalue weighted by atomic mass is 35.5. The number of carbonyl (C=O) groups is 2. The summed E-state index contributed by atoms with van der Waals surface area (Å²) < 4.78 is 5.16. The minimum atomic E-state index is -1.07. The molecule has 0 aliphatic carbocycles. The van der Waals surface area contributed by atoms with Gasteiger partial charge in [-0.2, -0.15) is 0 Å². The second-order valence-corrected chi connectivity index (χ2v) is 5.32. The average Bonchev–Trinajstić information content (AvgIpc) is 2.89. The molecule has 2 aromatic rings. The Hall–Kier alpha value is -2.79. The van der Waals surface area contributed by atoms with Crippen molar-refractivity contribution in [1.82, 2.24) is 0 Å². The molecule has 2 aromatic carbocycles. The van der Waals surface area contributed by atoms with Crippen LogP contribution in [-0.2, 0) is 4.79 Å². The zero-order chi connectivity index (χ0) is 16.6. The summed E-state index contributed by atoms with van der Waals surface area (Å²) in [5.74, 6) is -0.821. The van der Waals surface area contributed by atoms with Crippen LogP contribution in [0.3, 0.4) is 0 Å². The number of carbonyl (C=O) groups excluding carboxylic acids is 1. The lowest BCUT2D eigenvalue weighted by Crippen LogP contribution is -2.04. The zero-order valence-corrected chi connectivity index (χ0v) is 12.8. The Balaban J connectivity index is 2.17. The van der Waals surface area contributed by atoms with E-state index in [1.807, 2.05) is 0 Å². The molecule has 0 aromatic heterocycles. The van der Waals surface area contributed by atoms with E-state index < -0.39 is 5.97 Å². The van der Waals surface area contributed by atoms with E-state index in [4.69, 9.17) is 21.4 Å². The van der Waals surface area contributed by atoms with Crippen molar-refractivity contribution in [3.05, 3.63) is 59.2 Å². The van der Waals surface area contributed by atoms with Crippen molar-refractivity contribution < 1.29 is 19.4 Å². The van der Waals surface area contributed by atoms with Crippen molar-refractivity contribution in [2.45, 2.75) is 0 Å².